The van der Waals surface area contributed by atoms with Crippen LogP contribution in [-0.2, 0) is 21.9 Å². The van der Waals surface area contributed by atoms with E-state index in [1.807, 2.05) is 12.1 Å². The lowest BCUT2D eigenvalue weighted by Gasteiger charge is -2.19. The Morgan fingerprint density at radius 2 is 1.89 bits per heavy atom. The van der Waals surface area contributed by atoms with Gasteiger partial charge in [0.15, 0.2) is 0 Å². The Kier molecular flexibility index (Phi) is 4.93. The van der Waals surface area contributed by atoms with Crippen molar-refractivity contribution in [2.24, 2.45) is 0 Å². The van der Waals surface area contributed by atoms with E-state index in [4.69, 9.17) is 0 Å². The molecule has 0 aliphatic rings. The van der Waals surface area contributed by atoms with E-state index in [-0.39, 0.29) is 11.2 Å². The van der Waals surface area contributed by atoms with Gasteiger partial charge in [-0.05, 0) is 29.9 Å². The van der Waals surface area contributed by atoms with Crippen molar-refractivity contribution in [2.45, 2.75) is 39.5 Å². The maximum Gasteiger partial charge on any atom is 0.211 e. The summed E-state index contributed by atoms with van der Waals surface area (Å²) in [5, 5.41) is 0. The molecule has 0 saturated heterocycles. The predicted octanol–water partition coefficient (Wildman–Crippen LogP) is 2.47. The van der Waals surface area contributed by atoms with Crippen molar-refractivity contribution >= 4 is 10.0 Å². The van der Waals surface area contributed by atoms with Crippen LogP contribution in [0.2, 0.25) is 0 Å². The fourth-order valence-electron chi connectivity index (χ4n) is 1.65. The summed E-state index contributed by atoms with van der Waals surface area (Å²) in [5.74, 6) is 0.134. The van der Waals surface area contributed by atoms with E-state index in [0.29, 0.717) is 6.54 Å². The summed E-state index contributed by atoms with van der Waals surface area (Å²) >= 11 is 0. The molecule has 0 radical (unpaired) electrons. The molecule has 0 aromatic heterocycles. The Bertz CT molecular complexity index is 487. The summed E-state index contributed by atoms with van der Waals surface area (Å²) in [6.07, 6.45) is 0.725. The number of hydrogen-bond donors (Lipinski definition) is 1. The number of benzene rings is 1. The van der Waals surface area contributed by atoms with Crippen LogP contribution in [0, 0.1) is 0 Å². The van der Waals surface area contributed by atoms with E-state index >= 15 is 0 Å². The maximum atomic E-state index is 11.3. The van der Waals surface area contributed by atoms with Gasteiger partial charge in [-0.15, -0.1) is 0 Å². The normalized spacial score (nSPS) is 12.7. The molecule has 1 aromatic carbocycles. The zero-order chi connectivity index (χ0) is 13.8. The fraction of sp³-hybridized carbons (Fsp3) is 0.571. The molecular weight excluding hydrogens is 246 g/mol. The fourth-order valence-corrected chi connectivity index (χ4v) is 2.26. The van der Waals surface area contributed by atoms with E-state index in [1.165, 1.54) is 11.1 Å². The molecule has 1 N–H and O–H groups in total. The molecule has 0 bridgehead atoms. The third kappa shape index (κ3) is 4.78. The van der Waals surface area contributed by atoms with Crippen LogP contribution < -0.4 is 4.72 Å². The van der Waals surface area contributed by atoms with Gasteiger partial charge < -0.3 is 0 Å². The van der Waals surface area contributed by atoms with Crippen LogP contribution in [0.15, 0.2) is 24.3 Å². The monoisotopic (exact) mass is 269 g/mol. The molecule has 3 nitrogen and oxygen atoms in total. The first-order valence-corrected chi connectivity index (χ1v) is 7.96. The van der Waals surface area contributed by atoms with Gasteiger partial charge in [-0.25, -0.2) is 13.1 Å². The highest BCUT2D eigenvalue weighted by Gasteiger charge is 2.13. The summed E-state index contributed by atoms with van der Waals surface area (Å²) in [4.78, 5) is 0. The van der Waals surface area contributed by atoms with Gasteiger partial charge in [0.1, 0.15) is 0 Å². The van der Waals surface area contributed by atoms with E-state index in [0.717, 1.165) is 6.42 Å². The molecule has 0 aliphatic heterocycles. The first-order chi connectivity index (χ1) is 8.24. The second kappa shape index (κ2) is 5.85. The summed E-state index contributed by atoms with van der Waals surface area (Å²) in [7, 11) is -3.08. The van der Waals surface area contributed by atoms with Gasteiger partial charge in [0, 0.05) is 6.54 Å². The largest absolute Gasteiger partial charge is 0.215 e. The van der Waals surface area contributed by atoms with Crippen molar-refractivity contribution in [2.75, 3.05) is 12.3 Å². The van der Waals surface area contributed by atoms with Crippen LogP contribution in [0.5, 0.6) is 0 Å². The lowest BCUT2D eigenvalue weighted by atomic mass is 9.86. The highest BCUT2D eigenvalue weighted by atomic mass is 32.2. The van der Waals surface area contributed by atoms with Crippen molar-refractivity contribution < 1.29 is 8.42 Å². The van der Waals surface area contributed by atoms with Gasteiger partial charge in [-0.2, -0.15) is 0 Å². The van der Waals surface area contributed by atoms with Crippen LogP contribution in [-0.4, -0.2) is 20.7 Å². The van der Waals surface area contributed by atoms with Gasteiger partial charge in [-0.1, -0.05) is 45.0 Å². The minimum absolute atomic E-state index is 0.124. The molecule has 102 valence electrons. The lowest BCUT2D eigenvalue weighted by molar-refractivity contribution is 0.581. The standard InChI is InChI=1S/C14H23NO2S/c1-5-18(16,17)15-10-9-12-7-6-8-13(11-12)14(2,3)4/h6-8,11,15H,5,9-10H2,1-4H3. The summed E-state index contributed by atoms with van der Waals surface area (Å²) < 4.78 is 25.2. The van der Waals surface area contributed by atoms with Crippen LogP contribution in [0.1, 0.15) is 38.8 Å². The van der Waals surface area contributed by atoms with Crippen molar-refractivity contribution in [3.8, 4) is 0 Å². The zero-order valence-electron chi connectivity index (χ0n) is 11.7. The second-order valence-corrected chi connectivity index (χ2v) is 7.59. The first-order valence-electron chi connectivity index (χ1n) is 6.31. The lowest BCUT2D eigenvalue weighted by Crippen LogP contribution is -2.27. The van der Waals surface area contributed by atoms with Crippen molar-refractivity contribution in [3.63, 3.8) is 0 Å². The molecule has 0 heterocycles. The first kappa shape index (κ1) is 15.2. The average molecular weight is 269 g/mol. The molecular formula is C14H23NO2S. The zero-order valence-corrected chi connectivity index (χ0v) is 12.5. The highest BCUT2D eigenvalue weighted by Crippen LogP contribution is 2.22. The third-order valence-electron chi connectivity index (χ3n) is 2.91. The Labute approximate surface area is 111 Å². The smallest absolute Gasteiger partial charge is 0.211 e. The minimum atomic E-state index is -3.08. The Balaban J connectivity index is 2.64. The Hall–Kier alpha value is -0.870. The average Bonchev–Trinajstić information content (AvgIpc) is 2.28. The molecule has 0 atom stereocenters. The summed E-state index contributed by atoms with van der Waals surface area (Å²) in [6, 6.07) is 8.33. The highest BCUT2D eigenvalue weighted by molar-refractivity contribution is 7.89. The molecule has 0 spiro atoms. The SMILES string of the molecule is CCS(=O)(=O)NCCc1cccc(C(C)(C)C)c1. The van der Waals surface area contributed by atoms with Crippen molar-refractivity contribution in [1.82, 2.24) is 4.72 Å². The topological polar surface area (TPSA) is 46.2 Å². The number of nitrogens with one attached hydrogen (secondary N) is 1. The molecule has 1 aromatic rings. The molecule has 0 amide bonds. The quantitative estimate of drug-likeness (QED) is 0.892. The summed E-state index contributed by atoms with van der Waals surface area (Å²) in [6.45, 7) is 8.62. The number of sulfonamides is 1. The molecule has 18 heavy (non-hydrogen) atoms. The molecule has 0 unspecified atom stereocenters. The molecule has 1 rings (SSSR count). The van der Waals surface area contributed by atoms with Gasteiger partial charge >= 0.3 is 0 Å². The van der Waals surface area contributed by atoms with E-state index < -0.39 is 10.0 Å². The van der Waals surface area contributed by atoms with E-state index in [2.05, 4.69) is 37.6 Å². The molecule has 0 saturated carbocycles. The van der Waals surface area contributed by atoms with Gasteiger partial charge in [0.25, 0.3) is 0 Å². The van der Waals surface area contributed by atoms with E-state index in [1.54, 1.807) is 6.92 Å². The Morgan fingerprint density at radius 3 is 2.44 bits per heavy atom. The molecule has 0 fully saturated rings. The number of hydrogen-bond acceptors (Lipinski definition) is 2. The predicted molar refractivity (Wildman–Crippen MR) is 76.3 cm³/mol. The van der Waals surface area contributed by atoms with Gasteiger partial charge in [-0.3, -0.25) is 0 Å². The summed E-state index contributed by atoms with van der Waals surface area (Å²) in [5.41, 5.74) is 2.57. The molecule has 4 heteroatoms. The van der Waals surface area contributed by atoms with Crippen molar-refractivity contribution in [3.05, 3.63) is 35.4 Å². The van der Waals surface area contributed by atoms with Gasteiger partial charge in [0.2, 0.25) is 10.0 Å². The Morgan fingerprint density at radius 1 is 1.22 bits per heavy atom. The third-order valence-corrected chi connectivity index (χ3v) is 4.31. The maximum absolute atomic E-state index is 11.3. The van der Waals surface area contributed by atoms with Crippen LogP contribution in [0.4, 0.5) is 0 Å². The minimum Gasteiger partial charge on any atom is -0.215 e. The number of rotatable bonds is 5. The van der Waals surface area contributed by atoms with E-state index in [9.17, 15) is 8.42 Å². The van der Waals surface area contributed by atoms with Crippen LogP contribution >= 0.6 is 0 Å². The van der Waals surface area contributed by atoms with Crippen LogP contribution in [0.25, 0.3) is 0 Å². The van der Waals surface area contributed by atoms with Gasteiger partial charge in [0.05, 0.1) is 5.75 Å². The molecule has 0 aliphatic carbocycles. The van der Waals surface area contributed by atoms with Crippen LogP contribution in [0.3, 0.4) is 0 Å². The van der Waals surface area contributed by atoms with Crippen molar-refractivity contribution in [1.29, 1.82) is 0 Å². The second-order valence-electron chi connectivity index (χ2n) is 5.50.